The van der Waals surface area contributed by atoms with E-state index < -0.39 is 17.8 Å². The molecule has 0 saturated carbocycles. The molecule has 0 heterocycles. The third-order valence-electron chi connectivity index (χ3n) is 2.47. The van der Waals surface area contributed by atoms with Crippen LogP contribution in [0.4, 0.5) is 8.78 Å². The van der Waals surface area contributed by atoms with Gasteiger partial charge in [0.1, 0.15) is 0 Å². The van der Waals surface area contributed by atoms with Crippen LogP contribution in [0, 0.1) is 3.57 Å². The van der Waals surface area contributed by atoms with Crippen LogP contribution in [-0.4, -0.2) is 19.5 Å². The Hall–Kier alpha value is -0.720. The van der Waals surface area contributed by atoms with Gasteiger partial charge in [0.15, 0.2) is 5.41 Å². The quantitative estimate of drug-likeness (QED) is 0.625. The summed E-state index contributed by atoms with van der Waals surface area (Å²) in [5.41, 5.74) is -1.64. The van der Waals surface area contributed by atoms with E-state index in [0.29, 0.717) is 0 Å². The van der Waals surface area contributed by atoms with Crippen LogP contribution in [0.25, 0.3) is 0 Å². The maximum atomic E-state index is 13.0. The predicted octanol–water partition coefficient (Wildman–Crippen LogP) is 2.99. The van der Waals surface area contributed by atoms with Crippen LogP contribution in [0.3, 0.4) is 0 Å². The van der Waals surface area contributed by atoms with E-state index in [0.717, 1.165) is 10.7 Å². The van der Waals surface area contributed by atoms with Crippen molar-refractivity contribution in [2.75, 3.05) is 7.11 Å². The van der Waals surface area contributed by atoms with Crippen LogP contribution in [0.1, 0.15) is 12.5 Å². The van der Waals surface area contributed by atoms with Crippen LogP contribution in [0.15, 0.2) is 24.3 Å². The van der Waals surface area contributed by atoms with E-state index in [2.05, 4.69) is 4.74 Å². The maximum absolute atomic E-state index is 13.0. The summed E-state index contributed by atoms with van der Waals surface area (Å²) in [6.07, 6.45) is -2.81. The van der Waals surface area contributed by atoms with E-state index in [1.54, 1.807) is 18.2 Å². The number of methoxy groups -OCH3 is 1. The van der Waals surface area contributed by atoms with E-state index in [9.17, 15) is 13.6 Å². The van der Waals surface area contributed by atoms with Gasteiger partial charge in [0.05, 0.1) is 7.11 Å². The van der Waals surface area contributed by atoms with Gasteiger partial charge in [-0.3, -0.25) is 4.79 Å². The van der Waals surface area contributed by atoms with Crippen molar-refractivity contribution >= 4 is 28.6 Å². The minimum Gasteiger partial charge on any atom is -0.468 e. The second-order valence-corrected chi connectivity index (χ2v) is 4.75. The highest BCUT2D eigenvalue weighted by atomic mass is 127. The number of hydrogen-bond acceptors (Lipinski definition) is 2. The van der Waals surface area contributed by atoms with Crippen molar-refractivity contribution in [2.45, 2.75) is 18.8 Å². The molecule has 1 atom stereocenters. The number of rotatable bonds is 3. The van der Waals surface area contributed by atoms with Crippen molar-refractivity contribution in [3.8, 4) is 0 Å². The fraction of sp³-hybridized carbons (Fsp3) is 0.364. The predicted molar refractivity (Wildman–Crippen MR) is 64.5 cm³/mol. The first-order chi connectivity index (χ1) is 7.42. The van der Waals surface area contributed by atoms with E-state index in [1.807, 2.05) is 22.6 Å². The van der Waals surface area contributed by atoms with Crippen LogP contribution in [0.5, 0.6) is 0 Å². The summed E-state index contributed by atoms with van der Waals surface area (Å²) in [5, 5.41) is 0. The molecule has 16 heavy (non-hydrogen) atoms. The van der Waals surface area contributed by atoms with Crippen LogP contribution in [-0.2, 0) is 14.9 Å². The van der Waals surface area contributed by atoms with Crippen molar-refractivity contribution in [3.63, 3.8) is 0 Å². The zero-order valence-electron chi connectivity index (χ0n) is 8.84. The van der Waals surface area contributed by atoms with Gasteiger partial charge < -0.3 is 4.74 Å². The Balaban J connectivity index is 3.27. The van der Waals surface area contributed by atoms with Crippen LogP contribution < -0.4 is 0 Å². The largest absolute Gasteiger partial charge is 0.468 e. The first-order valence-electron chi connectivity index (χ1n) is 4.55. The molecule has 5 heteroatoms. The molecule has 0 saturated heterocycles. The van der Waals surface area contributed by atoms with E-state index in [-0.39, 0.29) is 5.56 Å². The normalized spacial score (nSPS) is 14.6. The summed E-state index contributed by atoms with van der Waals surface area (Å²) < 4.78 is 31.3. The number of benzene rings is 1. The van der Waals surface area contributed by atoms with Gasteiger partial charge in [0, 0.05) is 3.57 Å². The summed E-state index contributed by atoms with van der Waals surface area (Å²) in [4.78, 5) is 11.5. The first kappa shape index (κ1) is 13.3. The Labute approximate surface area is 106 Å². The van der Waals surface area contributed by atoms with Gasteiger partial charge in [-0.15, -0.1) is 0 Å². The molecule has 0 amide bonds. The molecule has 1 rings (SSSR count). The van der Waals surface area contributed by atoms with Crippen molar-refractivity contribution in [3.05, 3.63) is 33.4 Å². The molecule has 0 N–H and O–H groups in total. The second kappa shape index (κ2) is 5.07. The fourth-order valence-corrected chi connectivity index (χ4v) is 1.90. The third-order valence-corrected chi connectivity index (χ3v) is 3.14. The summed E-state index contributed by atoms with van der Waals surface area (Å²) in [6.45, 7) is 1.19. The minimum absolute atomic E-state index is 0.265. The molecule has 0 aliphatic carbocycles. The van der Waals surface area contributed by atoms with Crippen molar-refractivity contribution in [1.82, 2.24) is 0 Å². The van der Waals surface area contributed by atoms with Gasteiger partial charge in [0.2, 0.25) is 0 Å². The summed E-state index contributed by atoms with van der Waals surface area (Å²) in [5.74, 6) is -0.926. The fourth-order valence-electron chi connectivity index (χ4n) is 1.36. The van der Waals surface area contributed by atoms with Gasteiger partial charge in [-0.2, -0.15) is 0 Å². The van der Waals surface area contributed by atoms with Crippen LogP contribution >= 0.6 is 22.6 Å². The van der Waals surface area contributed by atoms with E-state index in [4.69, 9.17) is 0 Å². The van der Waals surface area contributed by atoms with Crippen molar-refractivity contribution < 1.29 is 18.3 Å². The number of ether oxygens (including phenoxy) is 1. The highest BCUT2D eigenvalue weighted by Gasteiger charge is 2.45. The van der Waals surface area contributed by atoms with Gasteiger partial charge in [-0.25, -0.2) is 8.78 Å². The summed E-state index contributed by atoms with van der Waals surface area (Å²) >= 11 is 2.01. The Kier molecular flexibility index (Phi) is 4.23. The lowest BCUT2D eigenvalue weighted by atomic mass is 9.83. The highest BCUT2D eigenvalue weighted by Crippen LogP contribution is 2.32. The summed E-state index contributed by atoms with van der Waals surface area (Å²) in [6, 6.07) is 6.47. The molecule has 0 radical (unpaired) electrons. The summed E-state index contributed by atoms with van der Waals surface area (Å²) in [7, 11) is 1.11. The molecular formula is C11H11F2IO2. The van der Waals surface area contributed by atoms with Crippen LogP contribution in [0.2, 0.25) is 0 Å². The van der Waals surface area contributed by atoms with Gasteiger partial charge >= 0.3 is 5.97 Å². The number of esters is 1. The standard InChI is InChI=1S/C11H11F2IO2/c1-11(9(12)13,10(15)16-2)7-4-3-5-8(14)6-7/h3-6,9H,1-2H3. The average Bonchev–Trinajstić information content (AvgIpc) is 2.26. The molecule has 0 aliphatic heterocycles. The van der Waals surface area contributed by atoms with Gasteiger partial charge in [-0.05, 0) is 47.2 Å². The zero-order chi connectivity index (χ0) is 12.3. The second-order valence-electron chi connectivity index (χ2n) is 3.50. The number of alkyl halides is 2. The molecule has 0 fully saturated rings. The SMILES string of the molecule is COC(=O)C(C)(c1cccc(I)c1)C(F)F. The number of carbonyl (C=O) groups is 1. The molecule has 0 bridgehead atoms. The molecular weight excluding hydrogens is 329 g/mol. The third kappa shape index (κ3) is 2.34. The Morgan fingerprint density at radius 2 is 2.12 bits per heavy atom. The maximum Gasteiger partial charge on any atom is 0.321 e. The van der Waals surface area contributed by atoms with Crippen molar-refractivity contribution in [1.29, 1.82) is 0 Å². The lowest BCUT2D eigenvalue weighted by Crippen LogP contribution is -2.40. The average molecular weight is 340 g/mol. The smallest absolute Gasteiger partial charge is 0.321 e. The van der Waals surface area contributed by atoms with Gasteiger partial charge in [-0.1, -0.05) is 12.1 Å². The van der Waals surface area contributed by atoms with Crippen molar-refractivity contribution in [2.24, 2.45) is 0 Å². The highest BCUT2D eigenvalue weighted by molar-refractivity contribution is 14.1. The molecule has 1 unspecified atom stereocenters. The van der Waals surface area contributed by atoms with E-state index in [1.165, 1.54) is 13.0 Å². The first-order valence-corrected chi connectivity index (χ1v) is 5.63. The lowest BCUT2D eigenvalue weighted by Gasteiger charge is -2.26. The number of halogens is 3. The topological polar surface area (TPSA) is 26.3 Å². The Bertz CT molecular complexity index is 395. The Morgan fingerprint density at radius 1 is 1.50 bits per heavy atom. The zero-order valence-corrected chi connectivity index (χ0v) is 11.0. The molecule has 1 aromatic carbocycles. The minimum atomic E-state index is -2.81. The van der Waals surface area contributed by atoms with E-state index >= 15 is 0 Å². The number of carbonyl (C=O) groups excluding carboxylic acids is 1. The molecule has 88 valence electrons. The lowest BCUT2D eigenvalue weighted by molar-refractivity contribution is -0.153. The molecule has 0 aromatic heterocycles. The molecule has 0 aliphatic rings. The molecule has 1 aromatic rings. The molecule has 2 nitrogen and oxygen atoms in total. The monoisotopic (exact) mass is 340 g/mol. The van der Waals surface area contributed by atoms with Gasteiger partial charge in [0.25, 0.3) is 6.43 Å². The Morgan fingerprint density at radius 3 is 2.56 bits per heavy atom. The number of hydrogen-bond donors (Lipinski definition) is 0. The molecule has 0 spiro atoms.